The van der Waals surface area contributed by atoms with E-state index in [1.54, 1.807) is 24.4 Å². The van der Waals surface area contributed by atoms with Crippen molar-refractivity contribution in [2.24, 2.45) is 0 Å². The quantitative estimate of drug-likeness (QED) is 0.807. The zero-order valence-electron chi connectivity index (χ0n) is 9.29. The summed E-state index contributed by atoms with van der Waals surface area (Å²) in [6.45, 7) is -0.0320. The van der Waals surface area contributed by atoms with E-state index in [9.17, 15) is 9.59 Å². The van der Waals surface area contributed by atoms with Gasteiger partial charge in [0.15, 0.2) is 6.61 Å². The van der Waals surface area contributed by atoms with Crippen LogP contribution < -0.4 is 10.1 Å². The molecule has 0 saturated carbocycles. The first-order valence-electron chi connectivity index (χ1n) is 5.33. The first kappa shape index (κ1) is 10.5. The summed E-state index contributed by atoms with van der Waals surface area (Å²) in [5.74, 6) is 0.104. The Morgan fingerprint density at radius 2 is 2.33 bits per heavy atom. The molecular weight excluding hydrogens is 234 g/mol. The smallest absolute Gasteiger partial charge is 0.263 e. The molecule has 2 aromatic rings. The number of nitrogens with one attached hydrogen (secondary N) is 1. The number of carbonyl (C=O) groups is 2. The number of hydrogen-bond donors (Lipinski definition) is 1. The Morgan fingerprint density at radius 1 is 1.44 bits per heavy atom. The number of imidazole rings is 1. The van der Waals surface area contributed by atoms with Gasteiger partial charge in [0.1, 0.15) is 12.1 Å². The minimum Gasteiger partial charge on any atom is -0.482 e. The summed E-state index contributed by atoms with van der Waals surface area (Å²) in [4.78, 5) is 27.0. The van der Waals surface area contributed by atoms with Crippen LogP contribution in [0.25, 0.3) is 0 Å². The fourth-order valence-corrected chi connectivity index (χ4v) is 1.74. The molecule has 6 nitrogen and oxygen atoms in total. The van der Waals surface area contributed by atoms with E-state index in [1.807, 2.05) is 0 Å². The van der Waals surface area contributed by atoms with Gasteiger partial charge in [-0.1, -0.05) is 0 Å². The zero-order chi connectivity index (χ0) is 12.5. The second-order valence-corrected chi connectivity index (χ2v) is 3.82. The van der Waals surface area contributed by atoms with E-state index in [0.717, 1.165) is 0 Å². The maximum Gasteiger partial charge on any atom is 0.263 e. The van der Waals surface area contributed by atoms with Gasteiger partial charge in [-0.3, -0.25) is 14.2 Å². The van der Waals surface area contributed by atoms with Crippen molar-refractivity contribution >= 4 is 17.5 Å². The van der Waals surface area contributed by atoms with Gasteiger partial charge in [-0.15, -0.1) is 0 Å². The van der Waals surface area contributed by atoms with Crippen LogP contribution in [0.5, 0.6) is 5.75 Å². The van der Waals surface area contributed by atoms with Crippen LogP contribution >= 0.6 is 0 Å². The van der Waals surface area contributed by atoms with Crippen LogP contribution in [0.1, 0.15) is 10.4 Å². The SMILES string of the molecule is O=C1COc2cc(C(=O)n3ccnc3)ccc2N1. The number of benzene rings is 1. The molecule has 90 valence electrons. The van der Waals surface area contributed by atoms with Gasteiger partial charge in [0.2, 0.25) is 0 Å². The van der Waals surface area contributed by atoms with Gasteiger partial charge in [-0.2, -0.15) is 0 Å². The summed E-state index contributed by atoms with van der Waals surface area (Å²) in [6.07, 6.45) is 4.54. The number of ether oxygens (including phenoxy) is 1. The van der Waals surface area contributed by atoms with Gasteiger partial charge in [0, 0.05) is 18.0 Å². The minimum atomic E-state index is -0.198. The monoisotopic (exact) mass is 243 g/mol. The number of carbonyl (C=O) groups excluding carboxylic acids is 2. The predicted octanol–water partition coefficient (Wildman–Crippen LogP) is 0.902. The van der Waals surface area contributed by atoms with Crippen LogP contribution in [0, 0.1) is 0 Å². The van der Waals surface area contributed by atoms with Crippen LogP contribution in [0.3, 0.4) is 0 Å². The highest BCUT2D eigenvalue weighted by Crippen LogP contribution is 2.28. The lowest BCUT2D eigenvalue weighted by Crippen LogP contribution is -2.25. The van der Waals surface area contributed by atoms with Gasteiger partial charge < -0.3 is 10.1 Å². The largest absolute Gasteiger partial charge is 0.482 e. The molecule has 1 aliphatic rings. The van der Waals surface area contributed by atoms with Gasteiger partial charge in [0.05, 0.1) is 5.69 Å². The van der Waals surface area contributed by atoms with Gasteiger partial charge in [-0.05, 0) is 18.2 Å². The number of amides is 1. The first-order chi connectivity index (χ1) is 8.74. The maximum absolute atomic E-state index is 12.0. The van der Waals surface area contributed by atoms with E-state index in [-0.39, 0.29) is 18.4 Å². The maximum atomic E-state index is 12.0. The lowest BCUT2D eigenvalue weighted by molar-refractivity contribution is -0.118. The fraction of sp³-hybridized carbons (Fsp3) is 0.0833. The molecule has 3 rings (SSSR count). The van der Waals surface area contributed by atoms with E-state index in [0.29, 0.717) is 17.0 Å². The number of fused-ring (bicyclic) bond motifs is 1. The molecule has 0 bridgehead atoms. The van der Waals surface area contributed by atoms with Gasteiger partial charge >= 0.3 is 0 Å². The molecule has 2 heterocycles. The summed E-state index contributed by atoms with van der Waals surface area (Å²) in [5, 5.41) is 2.67. The molecule has 0 fully saturated rings. The van der Waals surface area contributed by atoms with E-state index < -0.39 is 0 Å². The lowest BCUT2D eigenvalue weighted by Gasteiger charge is -2.18. The molecule has 0 aliphatic carbocycles. The van der Waals surface area contributed by atoms with E-state index in [4.69, 9.17) is 4.74 Å². The lowest BCUT2D eigenvalue weighted by atomic mass is 10.1. The second-order valence-electron chi connectivity index (χ2n) is 3.82. The fourth-order valence-electron chi connectivity index (χ4n) is 1.74. The molecule has 0 unspecified atom stereocenters. The van der Waals surface area contributed by atoms with Crippen LogP contribution in [0.4, 0.5) is 5.69 Å². The minimum absolute atomic E-state index is 0.0320. The molecule has 1 aliphatic heterocycles. The second kappa shape index (κ2) is 3.99. The van der Waals surface area contributed by atoms with Crippen LogP contribution in [-0.4, -0.2) is 28.0 Å². The van der Waals surface area contributed by atoms with Crippen molar-refractivity contribution in [1.29, 1.82) is 0 Å². The van der Waals surface area contributed by atoms with Crippen molar-refractivity contribution in [3.05, 3.63) is 42.5 Å². The van der Waals surface area contributed by atoms with Crippen molar-refractivity contribution in [3.63, 3.8) is 0 Å². The Balaban J connectivity index is 1.95. The number of hydrogen-bond acceptors (Lipinski definition) is 4. The third-order valence-electron chi connectivity index (χ3n) is 2.60. The first-order valence-corrected chi connectivity index (χ1v) is 5.33. The van der Waals surface area contributed by atoms with Crippen molar-refractivity contribution in [2.75, 3.05) is 11.9 Å². The molecule has 0 spiro atoms. The summed E-state index contributed by atoms with van der Waals surface area (Å²) < 4.78 is 6.63. The number of nitrogens with zero attached hydrogens (tertiary/aromatic N) is 2. The Morgan fingerprint density at radius 3 is 3.11 bits per heavy atom. The molecule has 18 heavy (non-hydrogen) atoms. The molecule has 1 aromatic heterocycles. The molecule has 1 amide bonds. The highest BCUT2D eigenvalue weighted by Gasteiger charge is 2.18. The molecule has 0 radical (unpaired) electrons. The summed E-state index contributed by atoms with van der Waals surface area (Å²) >= 11 is 0. The van der Waals surface area contributed by atoms with Gasteiger partial charge in [-0.25, -0.2) is 4.98 Å². The number of rotatable bonds is 1. The molecule has 0 saturated heterocycles. The highest BCUT2D eigenvalue weighted by molar-refractivity contribution is 5.99. The van der Waals surface area contributed by atoms with Crippen LogP contribution in [-0.2, 0) is 4.79 Å². The summed E-state index contributed by atoms with van der Waals surface area (Å²) in [6, 6.07) is 4.89. The molecule has 6 heteroatoms. The number of anilines is 1. The summed E-state index contributed by atoms with van der Waals surface area (Å²) in [7, 11) is 0. The van der Waals surface area contributed by atoms with Gasteiger partial charge in [0.25, 0.3) is 11.8 Å². The summed E-state index contributed by atoms with van der Waals surface area (Å²) in [5.41, 5.74) is 1.05. The molecule has 0 atom stereocenters. The van der Waals surface area contributed by atoms with E-state index >= 15 is 0 Å². The predicted molar refractivity (Wildman–Crippen MR) is 62.5 cm³/mol. The number of aromatic nitrogens is 2. The molecule has 1 N–H and O–H groups in total. The van der Waals surface area contributed by atoms with Crippen LogP contribution in [0.15, 0.2) is 36.9 Å². The van der Waals surface area contributed by atoms with Crippen molar-refractivity contribution in [2.45, 2.75) is 0 Å². The Bertz CT molecular complexity index is 620. The third-order valence-corrected chi connectivity index (χ3v) is 2.60. The Labute approximate surface area is 102 Å². The van der Waals surface area contributed by atoms with E-state index in [2.05, 4.69) is 10.3 Å². The topological polar surface area (TPSA) is 73.2 Å². The standard InChI is InChI=1S/C12H9N3O3/c16-11-6-18-10-5-8(1-2-9(10)14-11)12(17)15-4-3-13-7-15/h1-5,7H,6H2,(H,14,16). The third kappa shape index (κ3) is 1.73. The average molecular weight is 243 g/mol. The van der Waals surface area contributed by atoms with Crippen LogP contribution in [0.2, 0.25) is 0 Å². The zero-order valence-corrected chi connectivity index (χ0v) is 9.29. The normalized spacial score (nSPS) is 13.4. The van der Waals surface area contributed by atoms with Crippen molar-refractivity contribution in [1.82, 2.24) is 9.55 Å². The highest BCUT2D eigenvalue weighted by atomic mass is 16.5. The van der Waals surface area contributed by atoms with Crippen molar-refractivity contribution < 1.29 is 14.3 Å². The molecular formula is C12H9N3O3. The Hall–Kier alpha value is -2.63. The molecule has 1 aromatic carbocycles. The average Bonchev–Trinajstić information content (AvgIpc) is 2.91. The Kier molecular flexibility index (Phi) is 2.33. The van der Waals surface area contributed by atoms with Crippen molar-refractivity contribution in [3.8, 4) is 5.75 Å². The van der Waals surface area contributed by atoms with E-state index in [1.165, 1.54) is 17.1 Å².